The Morgan fingerprint density at radius 1 is 1.31 bits per heavy atom. The molecule has 144 valence electrons. The number of carbonyl (C=O) groups is 2. The van der Waals surface area contributed by atoms with Gasteiger partial charge in [-0.25, -0.2) is 0 Å². The average molecular weight is 392 g/mol. The second kappa shape index (κ2) is 8.26. The van der Waals surface area contributed by atoms with Crippen LogP contribution in [0.15, 0.2) is 18.2 Å². The first kappa shape index (κ1) is 20.5. The molecule has 0 bridgehead atoms. The second-order valence-corrected chi connectivity index (χ2v) is 6.79. The van der Waals surface area contributed by atoms with Crippen molar-refractivity contribution < 1.29 is 22.8 Å². The lowest BCUT2D eigenvalue weighted by atomic mass is 10.0. The van der Waals surface area contributed by atoms with E-state index in [0.717, 1.165) is 31.0 Å². The lowest BCUT2D eigenvalue weighted by Crippen LogP contribution is -2.46. The van der Waals surface area contributed by atoms with Crippen LogP contribution < -0.4 is 5.32 Å². The summed E-state index contributed by atoms with van der Waals surface area (Å²) in [7, 11) is 1.75. The Labute approximate surface area is 155 Å². The van der Waals surface area contributed by atoms with Crippen molar-refractivity contribution in [2.45, 2.75) is 32.0 Å². The number of carbonyl (C=O) groups excluding carboxylic acids is 2. The van der Waals surface area contributed by atoms with Crippen molar-refractivity contribution in [3.63, 3.8) is 0 Å². The number of rotatable bonds is 4. The van der Waals surface area contributed by atoms with Gasteiger partial charge in [-0.05, 0) is 31.0 Å². The Morgan fingerprint density at radius 2 is 1.92 bits per heavy atom. The van der Waals surface area contributed by atoms with E-state index in [1.165, 1.54) is 6.92 Å². The van der Waals surface area contributed by atoms with Crippen molar-refractivity contribution in [2.24, 2.45) is 0 Å². The number of hydrogen-bond acceptors (Lipinski definition) is 3. The molecule has 9 heteroatoms. The predicted octanol–water partition coefficient (Wildman–Crippen LogP) is 3.24. The molecule has 0 atom stereocenters. The molecule has 0 unspecified atom stereocenters. The molecule has 1 aromatic carbocycles. The number of piperidine rings is 1. The van der Waals surface area contributed by atoms with Crippen LogP contribution >= 0.6 is 11.6 Å². The Kier molecular flexibility index (Phi) is 6.52. The summed E-state index contributed by atoms with van der Waals surface area (Å²) in [6, 6.07) is 2.95. The number of benzene rings is 1. The third kappa shape index (κ3) is 5.35. The van der Waals surface area contributed by atoms with Gasteiger partial charge in [0.1, 0.15) is 0 Å². The summed E-state index contributed by atoms with van der Waals surface area (Å²) < 4.78 is 38.3. The van der Waals surface area contributed by atoms with Gasteiger partial charge in [-0.15, -0.1) is 0 Å². The van der Waals surface area contributed by atoms with Gasteiger partial charge in [0.15, 0.2) is 0 Å². The van der Waals surface area contributed by atoms with Crippen molar-refractivity contribution in [1.82, 2.24) is 9.80 Å². The maximum Gasteiger partial charge on any atom is 0.416 e. The molecule has 0 aliphatic carbocycles. The van der Waals surface area contributed by atoms with Crippen LogP contribution in [0.4, 0.5) is 18.9 Å². The van der Waals surface area contributed by atoms with Crippen LogP contribution in [0.1, 0.15) is 25.3 Å². The lowest BCUT2D eigenvalue weighted by molar-refractivity contribution is -0.137. The lowest BCUT2D eigenvalue weighted by Gasteiger charge is -2.36. The van der Waals surface area contributed by atoms with Crippen molar-refractivity contribution in [2.75, 3.05) is 32.0 Å². The van der Waals surface area contributed by atoms with Crippen LogP contribution in [-0.2, 0) is 15.8 Å². The number of anilines is 1. The van der Waals surface area contributed by atoms with E-state index in [2.05, 4.69) is 5.32 Å². The molecule has 1 saturated heterocycles. The van der Waals surface area contributed by atoms with E-state index in [1.54, 1.807) is 11.9 Å². The zero-order chi connectivity index (χ0) is 19.5. The number of likely N-dealkylation sites (tertiary alicyclic amines) is 1. The number of halogens is 4. The molecule has 0 radical (unpaired) electrons. The van der Waals surface area contributed by atoms with Gasteiger partial charge in [-0.3, -0.25) is 14.5 Å². The number of hydrogen-bond donors (Lipinski definition) is 1. The minimum atomic E-state index is -4.51. The highest BCUT2D eigenvalue weighted by Gasteiger charge is 2.31. The van der Waals surface area contributed by atoms with E-state index in [-0.39, 0.29) is 29.2 Å². The van der Waals surface area contributed by atoms with E-state index in [0.29, 0.717) is 13.1 Å². The van der Waals surface area contributed by atoms with Gasteiger partial charge >= 0.3 is 6.18 Å². The molecule has 1 N–H and O–H groups in total. The summed E-state index contributed by atoms with van der Waals surface area (Å²) in [4.78, 5) is 27.1. The molecular formula is C17H21ClF3N3O2. The third-order valence-corrected chi connectivity index (χ3v) is 4.87. The quantitative estimate of drug-likeness (QED) is 0.857. The highest BCUT2D eigenvalue weighted by Crippen LogP contribution is 2.33. The van der Waals surface area contributed by atoms with Gasteiger partial charge in [-0.1, -0.05) is 11.6 Å². The highest BCUT2D eigenvalue weighted by atomic mass is 35.5. The van der Waals surface area contributed by atoms with E-state index < -0.39 is 17.6 Å². The summed E-state index contributed by atoms with van der Waals surface area (Å²) in [5, 5.41) is 2.49. The summed E-state index contributed by atoms with van der Waals surface area (Å²) in [5.41, 5.74) is -0.928. The fraction of sp³-hybridized carbons (Fsp3) is 0.529. The summed E-state index contributed by atoms with van der Waals surface area (Å²) >= 11 is 5.88. The van der Waals surface area contributed by atoms with Crippen LogP contribution in [0, 0.1) is 0 Å². The largest absolute Gasteiger partial charge is 0.416 e. The SMILES string of the molecule is CC(=O)N(C)C1CCN(CC(=O)Nc2cc(C(F)(F)F)ccc2Cl)CC1. The summed E-state index contributed by atoms with van der Waals surface area (Å²) in [6.07, 6.45) is -3.02. The molecular weight excluding hydrogens is 371 g/mol. The van der Waals surface area contributed by atoms with Crippen LogP contribution in [0.25, 0.3) is 0 Å². The molecule has 1 aliphatic rings. The van der Waals surface area contributed by atoms with Crippen LogP contribution in [0.3, 0.4) is 0 Å². The maximum absolute atomic E-state index is 12.8. The van der Waals surface area contributed by atoms with Gasteiger partial charge in [0.05, 0.1) is 22.8 Å². The Bertz CT molecular complexity index is 674. The van der Waals surface area contributed by atoms with Crippen LogP contribution in [-0.4, -0.2) is 54.3 Å². The predicted molar refractivity (Wildman–Crippen MR) is 93.0 cm³/mol. The van der Waals surface area contributed by atoms with E-state index in [9.17, 15) is 22.8 Å². The number of nitrogens with one attached hydrogen (secondary N) is 1. The van der Waals surface area contributed by atoms with Gasteiger partial charge in [0.2, 0.25) is 11.8 Å². The number of nitrogens with zero attached hydrogens (tertiary/aromatic N) is 2. The monoisotopic (exact) mass is 391 g/mol. The van der Waals surface area contributed by atoms with Crippen molar-refractivity contribution in [1.29, 1.82) is 0 Å². The minimum absolute atomic E-state index is 0.000353. The van der Waals surface area contributed by atoms with Crippen molar-refractivity contribution in [3.05, 3.63) is 28.8 Å². The van der Waals surface area contributed by atoms with E-state index >= 15 is 0 Å². The Hall–Kier alpha value is -1.80. The van der Waals surface area contributed by atoms with Gasteiger partial charge < -0.3 is 10.2 Å². The average Bonchev–Trinajstić information content (AvgIpc) is 2.55. The standard InChI is InChI=1S/C17H21ClF3N3O2/c1-11(25)23(2)13-5-7-24(8-6-13)10-16(26)22-15-9-12(17(19,20)21)3-4-14(15)18/h3-4,9,13H,5-8,10H2,1-2H3,(H,22,26). The highest BCUT2D eigenvalue weighted by molar-refractivity contribution is 6.33. The van der Waals surface area contributed by atoms with Crippen molar-refractivity contribution >= 4 is 29.1 Å². The third-order valence-electron chi connectivity index (χ3n) is 4.54. The molecule has 2 rings (SSSR count). The first-order valence-corrected chi connectivity index (χ1v) is 8.58. The molecule has 1 fully saturated rings. The number of amides is 2. The normalized spacial score (nSPS) is 16.4. The molecule has 1 aliphatic heterocycles. The Balaban J connectivity index is 1.91. The molecule has 26 heavy (non-hydrogen) atoms. The fourth-order valence-electron chi connectivity index (χ4n) is 2.91. The summed E-state index contributed by atoms with van der Waals surface area (Å²) in [5.74, 6) is -0.426. The molecule has 1 aromatic rings. The Morgan fingerprint density at radius 3 is 2.46 bits per heavy atom. The van der Waals surface area contributed by atoms with Crippen LogP contribution in [0.2, 0.25) is 5.02 Å². The molecule has 0 spiro atoms. The molecule has 0 aromatic heterocycles. The molecule has 1 heterocycles. The minimum Gasteiger partial charge on any atom is -0.343 e. The zero-order valence-electron chi connectivity index (χ0n) is 14.6. The first-order chi connectivity index (χ1) is 12.1. The smallest absolute Gasteiger partial charge is 0.343 e. The zero-order valence-corrected chi connectivity index (χ0v) is 15.3. The van der Waals surface area contributed by atoms with Gasteiger partial charge in [0, 0.05) is 33.1 Å². The maximum atomic E-state index is 12.8. The van der Waals surface area contributed by atoms with Crippen molar-refractivity contribution in [3.8, 4) is 0 Å². The van der Waals surface area contributed by atoms with Crippen LogP contribution in [0.5, 0.6) is 0 Å². The first-order valence-electron chi connectivity index (χ1n) is 8.20. The van der Waals surface area contributed by atoms with E-state index in [4.69, 9.17) is 11.6 Å². The fourth-order valence-corrected chi connectivity index (χ4v) is 3.08. The van der Waals surface area contributed by atoms with Gasteiger partial charge in [-0.2, -0.15) is 13.2 Å². The number of alkyl halides is 3. The second-order valence-electron chi connectivity index (χ2n) is 6.38. The molecule has 5 nitrogen and oxygen atoms in total. The topological polar surface area (TPSA) is 52.7 Å². The summed E-state index contributed by atoms with van der Waals surface area (Å²) in [6.45, 7) is 2.83. The molecule has 2 amide bonds. The van der Waals surface area contributed by atoms with Gasteiger partial charge in [0.25, 0.3) is 0 Å². The van der Waals surface area contributed by atoms with E-state index in [1.807, 2.05) is 4.90 Å². The molecule has 0 saturated carbocycles.